The molecule has 18 heavy (non-hydrogen) atoms. The highest BCUT2D eigenvalue weighted by Crippen LogP contribution is 2.25. The predicted molar refractivity (Wildman–Crippen MR) is 79.0 cm³/mol. The number of rotatable bonds is 2. The van der Waals surface area contributed by atoms with Crippen molar-refractivity contribution in [3.05, 3.63) is 36.0 Å². The second kappa shape index (κ2) is 4.09. The normalized spacial score (nSPS) is 14.8. The first-order valence-corrected chi connectivity index (χ1v) is 10.2. The molecule has 0 fully saturated rings. The third-order valence-electron chi connectivity index (χ3n) is 3.64. The third kappa shape index (κ3) is 1.83. The van der Waals surface area contributed by atoms with Gasteiger partial charge in [-0.3, -0.25) is 4.68 Å². The van der Waals surface area contributed by atoms with Gasteiger partial charge in [-0.15, -0.1) is 0 Å². The van der Waals surface area contributed by atoms with Gasteiger partial charge in [0, 0.05) is 17.8 Å². The Labute approximate surface area is 110 Å². The van der Waals surface area contributed by atoms with E-state index < -0.39 is 8.07 Å². The molecular weight excluding hydrogens is 236 g/mol. The van der Waals surface area contributed by atoms with E-state index in [0.29, 0.717) is 0 Å². The van der Waals surface area contributed by atoms with Crippen molar-refractivity contribution in [1.82, 2.24) is 9.78 Å². The van der Waals surface area contributed by atoms with E-state index in [4.69, 9.17) is 5.10 Å². The Hall–Kier alpha value is -1.35. The molecule has 0 atom stereocenters. The van der Waals surface area contributed by atoms with Crippen molar-refractivity contribution in [2.45, 2.75) is 39.0 Å². The van der Waals surface area contributed by atoms with Gasteiger partial charge in [-0.2, -0.15) is 5.10 Å². The number of nitrogens with zero attached hydrogens (tertiary/aromatic N) is 2. The number of hydrogen-bond acceptors (Lipinski definition) is 1. The minimum absolute atomic E-state index is 1.10. The number of fused-ring (bicyclic) bond motifs is 1. The molecule has 94 valence electrons. The van der Waals surface area contributed by atoms with Gasteiger partial charge in [0.05, 0.1) is 13.8 Å². The molecule has 0 bridgehead atoms. The Bertz CT molecular complexity index is 564. The molecule has 0 amide bonds. The average Bonchev–Trinajstić information content (AvgIpc) is 2.87. The van der Waals surface area contributed by atoms with E-state index in [9.17, 15) is 0 Å². The highest BCUT2D eigenvalue weighted by molar-refractivity contribution is 6.90. The molecule has 2 aromatic rings. The third-order valence-corrected chi connectivity index (χ3v) is 5.66. The van der Waals surface area contributed by atoms with Crippen molar-refractivity contribution in [3.8, 4) is 11.3 Å². The van der Waals surface area contributed by atoms with Gasteiger partial charge in [-0.25, -0.2) is 0 Å². The topological polar surface area (TPSA) is 17.8 Å². The molecule has 3 heteroatoms. The number of benzene rings is 1. The van der Waals surface area contributed by atoms with Crippen LogP contribution in [0.3, 0.4) is 0 Å². The largest absolute Gasteiger partial charge is 0.269 e. The second-order valence-corrected chi connectivity index (χ2v) is 11.1. The van der Waals surface area contributed by atoms with E-state index in [0.717, 1.165) is 6.54 Å². The smallest absolute Gasteiger partial charge is 0.0918 e. The minimum atomic E-state index is -1.35. The maximum atomic E-state index is 4.88. The minimum Gasteiger partial charge on any atom is -0.269 e. The lowest BCUT2D eigenvalue weighted by Crippen LogP contribution is -2.40. The summed E-state index contributed by atoms with van der Waals surface area (Å²) in [6, 6.07) is 10.6. The van der Waals surface area contributed by atoms with Crippen LogP contribution in [0, 0.1) is 0 Å². The van der Waals surface area contributed by atoms with Crippen LogP contribution in [-0.2, 0) is 13.0 Å². The van der Waals surface area contributed by atoms with Gasteiger partial charge in [0.2, 0.25) is 0 Å². The van der Waals surface area contributed by atoms with Crippen LogP contribution < -0.4 is 5.19 Å². The van der Waals surface area contributed by atoms with Gasteiger partial charge in [-0.1, -0.05) is 50.0 Å². The van der Waals surface area contributed by atoms with Crippen molar-refractivity contribution in [2.75, 3.05) is 0 Å². The summed E-state index contributed by atoms with van der Waals surface area (Å²) in [6.45, 7) is 8.38. The van der Waals surface area contributed by atoms with Gasteiger partial charge < -0.3 is 0 Å². The fourth-order valence-electron chi connectivity index (χ4n) is 2.92. The molecule has 1 aromatic heterocycles. The van der Waals surface area contributed by atoms with Crippen LogP contribution in [0.15, 0.2) is 30.3 Å². The molecule has 0 unspecified atom stereocenters. The first-order chi connectivity index (χ1) is 8.57. The van der Waals surface area contributed by atoms with Crippen molar-refractivity contribution in [3.63, 3.8) is 0 Å². The summed E-state index contributed by atoms with van der Waals surface area (Å²) in [4.78, 5) is 0. The van der Waals surface area contributed by atoms with E-state index in [1.807, 2.05) is 0 Å². The van der Waals surface area contributed by atoms with E-state index in [2.05, 4.69) is 54.7 Å². The van der Waals surface area contributed by atoms with Crippen LogP contribution in [0.4, 0.5) is 0 Å². The monoisotopic (exact) mass is 256 g/mol. The zero-order valence-corrected chi connectivity index (χ0v) is 12.4. The molecule has 0 N–H and O–H groups in total. The van der Waals surface area contributed by atoms with Crippen molar-refractivity contribution in [1.29, 1.82) is 0 Å². The van der Waals surface area contributed by atoms with Crippen LogP contribution in [-0.4, -0.2) is 17.9 Å². The summed E-state index contributed by atoms with van der Waals surface area (Å²) < 4.78 is 2.25. The molecule has 3 rings (SSSR count). The first-order valence-electron chi connectivity index (χ1n) is 6.73. The highest BCUT2D eigenvalue weighted by Gasteiger charge is 2.31. The standard InChI is InChI=1S/C15H20N2Si/c1-18(2,3)15-13-10-7-11-17(13)16-14(15)12-8-5-4-6-9-12/h4-6,8-9H,7,10-11H2,1-3H3. The molecule has 0 saturated carbocycles. The zero-order chi connectivity index (χ0) is 12.8. The fraction of sp³-hybridized carbons (Fsp3) is 0.400. The Morgan fingerprint density at radius 1 is 1.11 bits per heavy atom. The lowest BCUT2D eigenvalue weighted by Gasteiger charge is -2.18. The maximum absolute atomic E-state index is 4.88. The summed E-state index contributed by atoms with van der Waals surface area (Å²) in [6.07, 6.45) is 2.47. The summed E-state index contributed by atoms with van der Waals surface area (Å²) in [5.41, 5.74) is 4.02. The molecule has 1 aliphatic heterocycles. The molecule has 0 radical (unpaired) electrons. The number of aromatic nitrogens is 2. The van der Waals surface area contributed by atoms with Gasteiger partial charge >= 0.3 is 0 Å². The van der Waals surface area contributed by atoms with Gasteiger partial charge in [0.25, 0.3) is 0 Å². The Kier molecular flexibility index (Phi) is 2.66. The van der Waals surface area contributed by atoms with Crippen molar-refractivity contribution in [2.24, 2.45) is 0 Å². The van der Waals surface area contributed by atoms with Crippen molar-refractivity contribution < 1.29 is 0 Å². The predicted octanol–water partition coefficient (Wildman–Crippen LogP) is 3.04. The zero-order valence-electron chi connectivity index (χ0n) is 11.4. The van der Waals surface area contributed by atoms with Gasteiger partial charge in [-0.05, 0) is 18.0 Å². The second-order valence-electron chi connectivity index (χ2n) is 6.11. The lowest BCUT2D eigenvalue weighted by molar-refractivity contribution is 0.659. The Morgan fingerprint density at radius 2 is 1.83 bits per heavy atom. The van der Waals surface area contributed by atoms with Gasteiger partial charge in [0.15, 0.2) is 0 Å². The molecular formula is C15H20N2Si. The highest BCUT2D eigenvalue weighted by atomic mass is 28.3. The summed E-state index contributed by atoms with van der Waals surface area (Å²) in [7, 11) is -1.35. The van der Waals surface area contributed by atoms with Crippen molar-refractivity contribution >= 4 is 13.3 Å². The SMILES string of the molecule is C[Si](C)(C)c1c(-c2ccccc2)nn2c1CCC2. The Morgan fingerprint density at radius 3 is 2.50 bits per heavy atom. The van der Waals surface area contributed by atoms with E-state index >= 15 is 0 Å². The van der Waals surface area contributed by atoms with Crippen LogP contribution in [0.5, 0.6) is 0 Å². The average molecular weight is 256 g/mol. The number of aryl methyl sites for hydroxylation is 1. The summed E-state index contributed by atoms with van der Waals surface area (Å²) in [5, 5.41) is 6.45. The van der Waals surface area contributed by atoms with Gasteiger partial charge in [0.1, 0.15) is 0 Å². The van der Waals surface area contributed by atoms with Crippen LogP contribution >= 0.6 is 0 Å². The summed E-state index contributed by atoms with van der Waals surface area (Å²) in [5.74, 6) is 0. The molecule has 1 aliphatic rings. The molecule has 0 spiro atoms. The Balaban J connectivity index is 2.22. The lowest BCUT2D eigenvalue weighted by atomic mass is 10.1. The van der Waals surface area contributed by atoms with E-state index in [1.54, 1.807) is 5.19 Å². The number of hydrogen-bond donors (Lipinski definition) is 0. The summed E-state index contributed by atoms with van der Waals surface area (Å²) >= 11 is 0. The molecule has 0 saturated heterocycles. The quantitative estimate of drug-likeness (QED) is 0.755. The van der Waals surface area contributed by atoms with Crippen LogP contribution in [0.25, 0.3) is 11.3 Å². The fourth-order valence-corrected chi connectivity index (χ4v) is 4.94. The molecule has 2 heterocycles. The van der Waals surface area contributed by atoms with E-state index in [-0.39, 0.29) is 0 Å². The molecule has 1 aromatic carbocycles. The van der Waals surface area contributed by atoms with E-state index in [1.165, 1.54) is 29.8 Å². The maximum Gasteiger partial charge on any atom is 0.0918 e. The van der Waals surface area contributed by atoms with Crippen LogP contribution in [0.1, 0.15) is 12.1 Å². The molecule has 2 nitrogen and oxygen atoms in total. The first kappa shape index (κ1) is 11.7. The molecule has 0 aliphatic carbocycles. The van der Waals surface area contributed by atoms with Crippen LogP contribution in [0.2, 0.25) is 19.6 Å².